The minimum absolute atomic E-state index is 0.0612. The maximum absolute atomic E-state index is 14.4. The number of halogens is 1. The van der Waals surface area contributed by atoms with E-state index in [1.807, 2.05) is 24.3 Å². The molecule has 5 heterocycles. The Hall–Kier alpha value is -3.84. The molecule has 9 heteroatoms. The Labute approximate surface area is 199 Å². The minimum Gasteiger partial charge on any atom is -0.473 e. The number of nitrogens with zero attached hydrogens (tertiary/aromatic N) is 3. The van der Waals surface area contributed by atoms with E-state index in [0.717, 1.165) is 22.1 Å². The van der Waals surface area contributed by atoms with Crippen molar-refractivity contribution in [2.75, 3.05) is 6.61 Å². The van der Waals surface area contributed by atoms with Crippen LogP contribution in [0.4, 0.5) is 4.39 Å². The highest BCUT2D eigenvalue weighted by atomic mass is 19.1. The van der Waals surface area contributed by atoms with Crippen LogP contribution in [0.1, 0.15) is 29.8 Å². The van der Waals surface area contributed by atoms with Crippen LogP contribution in [-0.2, 0) is 21.7 Å². The summed E-state index contributed by atoms with van der Waals surface area (Å²) >= 11 is 0. The van der Waals surface area contributed by atoms with Crippen LogP contribution in [0, 0.1) is 17.1 Å². The summed E-state index contributed by atoms with van der Waals surface area (Å²) in [6.07, 6.45) is 2.87. The van der Waals surface area contributed by atoms with Crippen LogP contribution in [0.25, 0.3) is 22.0 Å². The number of pyridine rings is 2. The van der Waals surface area contributed by atoms with E-state index in [0.29, 0.717) is 12.1 Å². The summed E-state index contributed by atoms with van der Waals surface area (Å²) in [7, 11) is 0. The van der Waals surface area contributed by atoms with Gasteiger partial charge in [-0.15, -0.1) is 0 Å². The number of fused-ring (bicyclic) bond motifs is 3. The molecule has 1 N–H and O–H groups in total. The normalized spacial score (nSPS) is 23.3. The van der Waals surface area contributed by atoms with Gasteiger partial charge in [-0.05, 0) is 35.4 Å². The topological polar surface area (TPSA) is 111 Å². The first kappa shape index (κ1) is 21.7. The first-order valence-corrected chi connectivity index (χ1v) is 11.2. The van der Waals surface area contributed by atoms with Crippen molar-refractivity contribution < 1.29 is 28.1 Å². The lowest BCUT2D eigenvalue weighted by Crippen LogP contribution is -2.40. The van der Waals surface area contributed by atoms with Crippen molar-refractivity contribution in [3.05, 3.63) is 77.8 Å². The molecule has 8 nitrogen and oxygen atoms in total. The molecule has 3 atom stereocenters. The average Bonchev–Trinajstić information content (AvgIpc) is 3.51. The second-order valence-electron chi connectivity index (χ2n) is 8.79. The van der Waals surface area contributed by atoms with Crippen molar-refractivity contribution in [2.24, 2.45) is 0 Å². The lowest BCUT2D eigenvalue weighted by atomic mass is 9.87. The molecule has 1 aromatic carbocycles. The number of nitriles is 1. The van der Waals surface area contributed by atoms with Crippen LogP contribution in [-0.4, -0.2) is 34.1 Å². The highest BCUT2D eigenvalue weighted by molar-refractivity contribution is 5.95. The van der Waals surface area contributed by atoms with Crippen LogP contribution in [0.2, 0.25) is 0 Å². The summed E-state index contributed by atoms with van der Waals surface area (Å²) in [5.41, 5.74) is 2.20. The Bertz CT molecular complexity index is 1440. The number of furan rings is 1. The van der Waals surface area contributed by atoms with Crippen molar-refractivity contribution in [3.63, 3.8) is 0 Å². The van der Waals surface area contributed by atoms with Gasteiger partial charge in [-0.25, -0.2) is 14.4 Å². The first-order valence-electron chi connectivity index (χ1n) is 11.2. The van der Waals surface area contributed by atoms with Gasteiger partial charge in [0.1, 0.15) is 29.8 Å². The van der Waals surface area contributed by atoms with Gasteiger partial charge in [-0.1, -0.05) is 12.1 Å². The zero-order valence-electron chi connectivity index (χ0n) is 18.5. The third kappa shape index (κ3) is 4.12. The Morgan fingerprint density at radius 3 is 2.89 bits per heavy atom. The van der Waals surface area contributed by atoms with Gasteiger partial charge in [0.2, 0.25) is 5.88 Å². The SMILES string of the molecule is N#Cc1cc(-c2ccoc2)c2ccc(COc3cc(F)cc(C4(O)CC5COC(C4)O5)n3)cc2n1. The Kier molecular flexibility index (Phi) is 5.22. The fourth-order valence-electron chi connectivity index (χ4n) is 4.69. The molecule has 0 spiro atoms. The van der Waals surface area contributed by atoms with Crippen molar-refractivity contribution in [3.8, 4) is 23.1 Å². The molecule has 0 aliphatic carbocycles. The number of hydrogen-bond acceptors (Lipinski definition) is 8. The number of hydrogen-bond donors (Lipinski definition) is 1. The summed E-state index contributed by atoms with van der Waals surface area (Å²) < 4.78 is 36.5. The van der Waals surface area contributed by atoms with Gasteiger partial charge < -0.3 is 23.7 Å². The standard InChI is InChI=1S/C26H20FN3O5/c27-17-6-23(26(31)9-19-14-34-25(10-26)35-19)30-24(7-17)33-12-15-1-2-20-21(16-3-4-32-13-16)8-18(11-28)29-22(20)5-15/h1-8,13,19,25,31H,9-10,12,14H2. The predicted molar refractivity (Wildman–Crippen MR) is 120 cm³/mol. The second-order valence-corrected chi connectivity index (χ2v) is 8.79. The zero-order valence-corrected chi connectivity index (χ0v) is 18.5. The molecule has 3 aromatic heterocycles. The number of ether oxygens (including phenoxy) is 3. The van der Waals surface area contributed by atoms with Gasteiger partial charge >= 0.3 is 0 Å². The van der Waals surface area contributed by atoms with Crippen molar-refractivity contribution >= 4 is 10.9 Å². The smallest absolute Gasteiger partial charge is 0.216 e. The summed E-state index contributed by atoms with van der Waals surface area (Å²) in [6, 6.07) is 13.6. The van der Waals surface area contributed by atoms with E-state index in [-0.39, 0.29) is 42.8 Å². The lowest BCUT2D eigenvalue weighted by Gasteiger charge is -2.34. The Morgan fingerprint density at radius 2 is 2.09 bits per heavy atom. The highest BCUT2D eigenvalue weighted by Crippen LogP contribution is 2.41. The van der Waals surface area contributed by atoms with Gasteiger partial charge in [-0.2, -0.15) is 5.26 Å². The van der Waals surface area contributed by atoms with Gasteiger partial charge in [-0.3, -0.25) is 0 Å². The molecule has 4 aromatic rings. The van der Waals surface area contributed by atoms with Crippen molar-refractivity contribution in [1.82, 2.24) is 9.97 Å². The first-order chi connectivity index (χ1) is 17.0. The molecule has 35 heavy (non-hydrogen) atoms. The van der Waals surface area contributed by atoms with E-state index in [2.05, 4.69) is 16.0 Å². The molecule has 0 saturated carbocycles. The largest absolute Gasteiger partial charge is 0.473 e. The molecule has 0 amide bonds. The fraction of sp³-hybridized carbons (Fsp3) is 0.269. The van der Waals surface area contributed by atoms with E-state index < -0.39 is 17.7 Å². The highest BCUT2D eigenvalue weighted by Gasteiger charge is 2.46. The van der Waals surface area contributed by atoms with Crippen LogP contribution >= 0.6 is 0 Å². The van der Waals surface area contributed by atoms with E-state index >= 15 is 0 Å². The fourth-order valence-corrected chi connectivity index (χ4v) is 4.69. The van der Waals surface area contributed by atoms with Crippen LogP contribution in [0.5, 0.6) is 5.88 Å². The monoisotopic (exact) mass is 473 g/mol. The van der Waals surface area contributed by atoms with Crippen LogP contribution in [0.3, 0.4) is 0 Å². The minimum atomic E-state index is -1.35. The second kappa shape index (κ2) is 8.43. The Morgan fingerprint density at radius 1 is 1.17 bits per heavy atom. The molecular weight excluding hydrogens is 453 g/mol. The van der Waals surface area contributed by atoms with E-state index in [1.165, 1.54) is 12.1 Å². The summed E-state index contributed by atoms with van der Waals surface area (Å²) in [5, 5.41) is 21.4. The number of aliphatic hydroxyl groups is 1. The third-order valence-electron chi connectivity index (χ3n) is 6.33. The molecule has 0 radical (unpaired) electrons. The molecule has 3 unspecified atom stereocenters. The molecule has 6 rings (SSSR count). The summed E-state index contributed by atoms with van der Waals surface area (Å²) in [5.74, 6) is -0.493. The maximum atomic E-state index is 14.4. The summed E-state index contributed by atoms with van der Waals surface area (Å²) in [6.45, 7) is 0.499. The molecule has 2 saturated heterocycles. The van der Waals surface area contributed by atoms with Crippen LogP contribution in [0.15, 0.2) is 59.4 Å². The molecule has 2 aliphatic heterocycles. The van der Waals surface area contributed by atoms with E-state index in [4.69, 9.17) is 18.6 Å². The zero-order chi connectivity index (χ0) is 24.0. The van der Waals surface area contributed by atoms with Crippen molar-refractivity contribution in [2.45, 2.75) is 37.4 Å². The van der Waals surface area contributed by atoms with E-state index in [9.17, 15) is 14.8 Å². The predicted octanol–water partition coefficient (Wildman–Crippen LogP) is 4.20. The van der Waals surface area contributed by atoms with E-state index in [1.54, 1.807) is 18.6 Å². The molecular formula is C26H20FN3O5. The lowest BCUT2D eigenvalue weighted by molar-refractivity contribution is -0.161. The van der Waals surface area contributed by atoms with Gasteiger partial charge in [0.05, 0.1) is 36.4 Å². The van der Waals surface area contributed by atoms with Gasteiger partial charge in [0.15, 0.2) is 6.29 Å². The Balaban J connectivity index is 1.26. The van der Waals surface area contributed by atoms with Gasteiger partial charge in [0.25, 0.3) is 0 Å². The third-order valence-corrected chi connectivity index (χ3v) is 6.33. The van der Waals surface area contributed by atoms with Gasteiger partial charge in [0, 0.05) is 29.9 Å². The number of rotatable bonds is 5. The van der Waals surface area contributed by atoms with Crippen LogP contribution < -0.4 is 4.74 Å². The quantitative estimate of drug-likeness (QED) is 0.459. The number of benzene rings is 1. The molecule has 176 valence electrons. The summed E-state index contributed by atoms with van der Waals surface area (Å²) in [4.78, 5) is 8.80. The molecule has 2 aliphatic rings. The molecule has 2 bridgehead atoms. The maximum Gasteiger partial charge on any atom is 0.216 e. The average molecular weight is 473 g/mol. The van der Waals surface area contributed by atoms with Crippen molar-refractivity contribution in [1.29, 1.82) is 5.26 Å². The number of aromatic nitrogens is 2. The molecule has 2 fully saturated rings.